The maximum atomic E-state index is 12.5. The van der Waals surface area contributed by atoms with Crippen LogP contribution in [0.2, 0.25) is 0 Å². The number of ether oxygens (including phenoxy) is 1. The summed E-state index contributed by atoms with van der Waals surface area (Å²) < 4.78 is 5.74. The number of unbranched alkanes of at least 4 members (excludes halogenated alkanes) is 4. The van der Waals surface area contributed by atoms with E-state index in [1.54, 1.807) is 48.5 Å². The predicted molar refractivity (Wildman–Crippen MR) is 133 cm³/mol. The van der Waals surface area contributed by atoms with Crippen molar-refractivity contribution in [2.24, 2.45) is 0 Å². The molecule has 2 aromatic rings. The number of rotatable bonds is 11. The summed E-state index contributed by atoms with van der Waals surface area (Å²) in [6.07, 6.45) is 5.92. The van der Waals surface area contributed by atoms with E-state index in [1.165, 1.54) is 25.7 Å². The molecule has 2 rings (SSSR count). The van der Waals surface area contributed by atoms with Crippen molar-refractivity contribution in [3.63, 3.8) is 0 Å². The lowest BCUT2D eigenvalue weighted by Gasteiger charge is -2.15. The third kappa shape index (κ3) is 8.67. The van der Waals surface area contributed by atoms with Crippen LogP contribution in [-0.2, 0) is 0 Å². The summed E-state index contributed by atoms with van der Waals surface area (Å²) in [7, 11) is 0. The summed E-state index contributed by atoms with van der Waals surface area (Å²) in [5.41, 5.74) is 1.45. The van der Waals surface area contributed by atoms with Crippen molar-refractivity contribution in [1.82, 2.24) is 10.6 Å². The van der Waals surface area contributed by atoms with Crippen LogP contribution < -0.4 is 20.7 Å². The molecule has 2 amide bonds. The highest BCUT2D eigenvalue weighted by Gasteiger charge is 2.14. The quantitative estimate of drug-likeness (QED) is 0.316. The lowest BCUT2D eigenvalue weighted by Crippen LogP contribution is -2.35. The zero-order valence-corrected chi connectivity index (χ0v) is 19.9. The summed E-state index contributed by atoms with van der Waals surface area (Å²) in [4.78, 5) is 24.9. The van der Waals surface area contributed by atoms with Gasteiger partial charge in [-0.05, 0) is 68.9 Å². The zero-order chi connectivity index (χ0) is 23.3. The van der Waals surface area contributed by atoms with Gasteiger partial charge in [0.25, 0.3) is 11.8 Å². The van der Waals surface area contributed by atoms with E-state index in [-0.39, 0.29) is 23.0 Å². The third-order valence-corrected chi connectivity index (χ3v) is 4.90. The fourth-order valence-electron chi connectivity index (χ4n) is 3.06. The van der Waals surface area contributed by atoms with Crippen molar-refractivity contribution in [1.29, 1.82) is 0 Å². The van der Waals surface area contributed by atoms with Crippen LogP contribution in [0.1, 0.15) is 73.6 Å². The first-order chi connectivity index (χ1) is 15.4. The molecule has 0 saturated heterocycles. The van der Waals surface area contributed by atoms with Gasteiger partial charge in [0, 0.05) is 11.6 Å². The van der Waals surface area contributed by atoms with Gasteiger partial charge in [0.2, 0.25) is 0 Å². The first kappa shape index (κ1) is 25.3. The number of anilines is 1. The second kappa shape index (κ2) is 13.5. The summed E-state index contributed by atoms with van der Waals surface area (Å²) in [5, 5.41) is 8.56. The molecular weight excluding hydrogens is 422 g/mol. The summed E-state index contributed by atoms with van der Waals surface area (Å²) in [6.45, 7) is 6.65. The van der Waals surface area contributed by atoms with Crippen LogP contribution in [-0.4, -0.2) is 29.6 Å². The second-order valence-electron chi connectivity index (χ2n) is 7.87. The fraction of sp³-hybridized carbons (Fsp3) is 0.400. The number of hydrogen-bond acceptors (Lipinski definition) is 4. The minimum atomic E-state index is -0.335. The Morgan fingerprint density at radius 3 is 2.31 bits per heavy atom. The molecule has 3 N–H and O–H groups in total. The van der Waals surface area contributed by atoms with E-state index in [9.17, 15) is 9.59 Å². The van der Waals surface area contributed by atoms with Crippen molar-refractivity contribution >= 4 is 34.8 Å². The molecule has 7 heteroatoms. The monoisotopic (exact) mass is 455 g/mol. The number of amides is 2. The van der Waals surface area contributed by atoms with Gasteiger partial charge in [-0.2, -0.15) is 0 Å². The number of hydrogen-bond donors (Lipinski definition) is 3. The van der Waals surface area contributed by atoms with Gasteiger partial charge in [0.1, 0.15) is 5.75 Å². The Kier molecular flexibility index (Phi) is 10.7. The van der Waals surface area contributed by atoms with E-state index in [0.717, 1.165) is 12.2 Å². The van der Waals surface area contributed by atoms with Gasteiger partial charge in [0.05, 0.1) is 17.9 Å². The van der Waals surface area contributed by atoms with Crippen molar-refractivity contribution < 1.29 is 14.3 Å². The summed E-state index contributed by atoms with van der Waals surface area (Å²) in [5.74, 6) is 0.193. The summed E-state index contributed by atoms with van der Waals surface area (Å²) >= 11 is 5.27. The number of para-hydroxylation sites is 1. The molecule has 0 heterocycles. The molecule has 0 atom stereocenters. The van der Waals surface area contributed by atoms with E-state index in [4.69, 9.17) is 17.0 Å². The van der Waals surface area contributed by atoms with Gasteiger partial charge in [-0.1, -0.05) is 44.7 Å². The maximum Gasteiger partial charge on any atom is 0.257 e. The fourth-order valence-corrected chi connectivity index (χ4v) is 3.26. The zero-order valence-electron chi connectivity index (χ0n) is 19.1. The highest BCUT2D eigenvalue weighted by atomic mass is 32.1. The number of carbonyl (C=O) groups excluding carboxylic acids is 2. The number of benzene rings is 2. The molecule has 0 aliphatic heterocycles. The molecule has 0 unspecified atom stereocenters. The molecule has 172 valence electrons. The molecule has 0 fully saturated rings. The minimum absolute atomic E-state index is 0.00946. The standard InChI is InChI=1S/C25H33N3O3S/c1-4-5-6-7-10-17-31-20-15-13-19(14-16-20)23(29)28-25(32)27-22-12-9-8-11-21(22)24(30)26-18(2)3/h8-9,11-16,18H,4-7,10,17H2,1-3H3,(H,26,30)(H2,27,28,29,32). The van der Waals surface area contributed by atoms with E-state index in [1.807, 2.05) is 13.8 Å². The van der Waals surface area contributed by atoms with Crippen molar-refractivity contribution in [3.05, 3.63) is 59.7 Å². The first-order valence-electron chi connectivity index (χ1n) is 11.2. The molecular formula is C25H33N3O3S. The van der Waals surface area contributed by atoms with Crippen LogP contribution in [0.5, 0.6) is 5.75 Å². The number of nitrogens with one attached hydrogen (secondary N) is 3. The third-order valence-electron chi connectivity index (χ3n) is 4.70. The van der Waals surface area contributed by atoms with E-state index in [2.05, 4.69) is 22.9 Å². The minimum Gasteiger partial charge on any atom is -0.494 e. The van der Waals surface area contributed by atoms with Gasteiger partial charge >= 0.3 is 0 Å². The molecule has 0 aromatic heterocycles. The number of thiocarbonyl (C=S) groups is 1. The van der Waals surface area contributed by atoms with Crippen molar-refractivity contribution in [2.45, 2.75) is 58.9 Å². The van der Waals surface area contributed by atoms with Crippen LogP contribution in [0.15, 0.2) is 48.5 Å². The highest BCUT2D eigenvalue weighted by Crippen LogP contribution is 2.16. The topological polar surface area (TPSA) is 79.5 Å². The Bertz CT molecular complexity index is 898. The molecule has 32 heavy (non-hydrogen) atoms. The maximum absolute atomic E-state index is 12.5. The Morgan fingerprint density at radius 2 is 1.62 bits per heavy atom. The van der Waals surface area contributed by atoms with Gasteiger partial charge in [-0.3, -0.25) is 14.9 Å². The van der Waals surface area contributed by atoms with E-state index < -0.39 is 0 Å². The molecule has 0 aliphatic rings. The van der Waals surface area contributed by atoms with Gasteiger partial charge in [-0.25, -0.2) is 0 Å². The second-order valence-corrected chi connectivity index (χ2v) is 8.28. The molecule has 2 aromatic carbocycles. The molecule has 6 nitrogen and oxygen atoms in total. The van der Waals surface area contributed by atoms with Crippen LogP contribution in [0.4, 0.5) is 5.69 Å². The average molecular weight is 456 g/mol. The SMILES string of the molecule is CCCCCCCOc1ccc(C(=O)NC(=S)Nc2ccccc2C(=O)NC(C)C)cc1. The largest absolute Gasteiger partial charge is 0.494 e. The molecule has 0 aliphatic carbocycles. The first-order valence-corrected chi connectivity index (χ1v) is 11.6. The Labute approximate surface area is 196 Å². The number of carbonyl (C=O) groups is 2. The Hall–Kier alpha value is -2.93. The van der Waals surface area contributed by atoms with Crippen LogP contribution in [0.25, 0.3) is 0 Å². The van der Waals surface area contributed by atoms with Crippen molar-refractivity contribution in [3.8, 4) is 5.75 Å². The lowest BCUT2D eigenvalue weighted by atomic mass is 10.1. The van der Waals surface area contributed by atoms with Crippen LogP contribution >= 0.6 is 12.2 Å². The molecule has 0 saturated carbocycles. The normalized spacial score (nSPS) is 10.5. The van der Waals surface area contributed by atoms with Gasteiger partial charge < -0.3 is 15.4 Å². The molecule has 0 radical (unpaired) electrons. The molecule has 0 spiro atoms. The van der Waals surface area contributed by atoms with Gasteiger partial charge in [0.15, 0.2) is 5.11 Å². The lowest BCUT2D eigenvalue weighted by molar-refractivity contribution is 0.0942. The average Bonchev–Trinajstić information content (AvgIpc) is 2.76. The molecule has 0 bridgehead atoms. The summed E-state index contributed by atoms with van der Waals surface area (Å²) in [6, 6.07) is 14.0. The highest BCUT2D eigenvalue weighted by molar-refractivity contribution is 7.80. The smallest absolute Gasteiger partial charge is 0.257 e. The Balaban J connectivity index is 1.87. The Morgan fingerprint density at radius 1 is 0.938 bits per heavy atom. The van der Waals surface area contributed by atoms with Crippen LogP contribution in [0.3, 0.4) is 0 Å². The predicted octanol–water partition coefficient (Wildman–Crippen LogP) is 5.30. The van der Waals surface area contributed by atoms with E-state index >= 15 is 0 Å². The van der Waals surface area contributed by atoms with Gasteiger partial charge in [-0.15, -0.1) is 0 Å². The van der Waals surface area contributed by atoms with Crippen LogP contribution in [0, 0.1) is 0 Å². The van der Waals surface area contributed by atoms with E-state index in [0.29, 0.717) is 23.4 Å². The van der Waals surface area contributed by atoms with Crippen molar-refractivity contribution in [2.75, 3.05) is 11.9 Å².